The summed E-state index contributed by atoms with van der Waals surface area (Å²) in [6.45, 7) is 3.20. The summed E-state index contributed by atoms with van der Waals surface area (Å²) in [5, 5.41) is 2.74. The zero-order valence-corrected chi connectivity index (χ0v) is 13.3. The number of carbonyl (C=O) groups is 1. The van der Waals surface area contributed by atoms with Crippen molar-refractivity contribution in [2.45, 2.75) is 31.8 Å². The highest BCUT2D eigenvalue weighted by Crippen LogP contribution is 2.29. The SMILES string of the molecule is CN1CCOC(CN(C(=O)C2CCCC2)c2nccs2)C1. The van der Waals surface area contributed by atoms with Crippen molar-refractivity contribution in [3.63, 3.8) is 0 Å². The molecule has 0 aromatic carbocycles. The minimum Gasteiger partial charge on any atom is -0.374 e. The fraction of sp³-hybridized carbons (Fsp3) is 0.733. The molecule has 1 aromatic rings. The Bertz CT molecular complexity index is 459. The number of ether oxygens (including phenoxy) is 1. The van der Waals surface area contributed by atoms with Crippen LogP contribution in [0.5, 0.6) is 0 Å². The van der Waals surface area contributed by atoms with Gasteiger partial charge in [-0.25, -0.2) is 4.98 Å². The summed E-state index contributed by atoms with van der Waals surface area (Å²) in [5.74, 6) is 0.412. The number of hydrogen-bond acceptors (Lipinski definition) is 5. The third-order valence-corrected chi connectivity index (χ3v) is 5.14. The maximum Gasteiger partial charge on any atom is 0.231 e. The zero-order chi connectivity index (χ0) is 14.7. The van der Waals surface area contributed by atoms with Crippen molar-refractivity contribution in [1.82, 2.24) is 9.88 Å². The highest BCUT2D eigenvalue weighted by Gasteiger charge is 2.31. The molecule has 6 heteroatoms. The van der Waals surface area contributed by atoms with Crippen molar-refractivity contribution in [3.8, 4) is 0 Å². The monoisotopic (exact) mass is 309 g/mol. The van der Waals surface area contributed by atoms with Gasteiger partial charge in [-0.1, -0.05) is 12.8 Å². The van der Waals surface area contributed by atoms with E-state index in [1.54, 1.807) is 6.20 Å². The number of nitrogens with zero attached hydrogens (tertiary/aromatic N) is 3. The van der Waals surface area contributed by atoms with Gasteiger partial charge in [0.15, 0.2) is 5.13 Å². The third-order valence-electron chi connectivity index (χ3n) is 4.35. The Balaban J connectivity index is 1.71. The van der Waals surface area contributed by atoms with Crippen LogP contribution in [0.3, 0.4) is 0 Å². The van der Waals surface area contributed by atoms with Crippen LogP contribution in [0.2, 0.25) is 0 Å². The van der Waals surface area contributed by atoms with E-state index in [1.165, 1.54) is 24.2 Å². The molecule has 116 valence electrons. The van der Waals surface area contributed by atoms with Crippen LogP contribution < -0.4 is 4.90 Å². The average molecular weight is 309 g/mol. The second-order valence-corrected chi connectivity index (χ2v) is 6.87. The van der Waals surface area contributed by atoms with Crippen molar-refractivity contribution in [2.75, 3.05) is 38.2 Å². The van der Waals surface area contributed by atoms with Crippen LogP contribution in [0.15, 0.2) is 11.6 Å². The summed E-state index contributed by atoms with van der Waals surface area (Å²) in [6.07, 6.45) is 6.23. The van der Waals surface area contributed by atoms with E-state index in [0.717, 1.165) is 37.7 Å². The molecule has 1 aromatic heterocycles. The van der Waals surface area contributed by atoms with E-state index >= 15 is 0 Å². The van der Waals surface area contributed by atoms with Gasteiger partial charge in [0, 0.05) is 30.6 Å². The van der Waals surface area contributed by atoms with Gasteiger partial charge in [0.25, 0.3) is 0 Å². The zero-order valence-electron chi connectivity index (χ0n) is 12.5. The van der Waals surface area contributed by atoms with E-state index in [-0.39, 0.29) is 17.9 Å². The lowest BCUT2D eigenvalue weighted by atomic mass is 10.1. The predicted octanol–water partition coefficient (Wildman–Crippen LogP) is 2.00. The molecule has 1 saturated heterocycles. The summed E-state index contributed by atoms with van der Waals surface area (Å²) in [6, 6.07) is 0. The summed E-state index contributed by atoms with van der Waals surface area (Å²) in [5.41, 5.74) is 0. The Morgan fingerprint density at radius 3 is 3.00 bits per heavy atom. The Hall–Kier alpha value is -0.980. The van der Waals surface area contributed by atoms with Crippen LogP contribution in [0.1, 0.15) is 25.7 Å². The maximum atomic E-state index is 12.8. The molecule has 0 radical (unpaired) electrons. The molecule has 5 nitrogen and oxygen atoms in total. The largest absolute Gasteiger partial charge is 0.374 e. The van der Waals surface area contributed by atoms with Crippen LogP contribution in [-0.2, 0) is 9.53 Å². The molecule has 1 aliphatic carbocycles. The Labute approximate surface area is 129 Å². The first kappa shape index (κ1) is 14.9. The molecule has 0 bridgehead atoms. The molecule has 2 fully saturated rings. The van der Waals surface area contributed by atoms with Gasteiger partial charge in [-0.15, -0.1) is 11.3 Å². The van der Waals surface area contributed by atoms with Gasteiger partial charge in [-0.2, -0.15) is 0 Å². The van der Waals surface area contributed by atoms with Gasteiger partial charge in [0.2, 0.25) is 5.91 Å². The van der Waals surface area contributed by atoms with Crippen LogP contribution in [0.25, 0.3) is 0 Å². The number of hydrogen-bond donors (Lipinski definition) is 0. The van der Waals surface area contributed by atoms with Crippen molar-refractivity contribution >= 4 is 22.4 Å². The fourth-order valence-corrected chi connectivity index (χ4v) is 3.84. The van der Waals surface area contributed by atoms with Crippen molar-refractivity contribution in [3.05, 3.63) is 11.6 Å². The van der Waals surface area contributed by atoms with Crippen molar-refractivity contribution in [1.29, 1.82) is 0 Å². The van der Waals surface area contributed by atoms with Crippen molar-refractivity contribution < 1.29 is 9.53 Å². The number of aromatic nitrogens is 1. The predicted molar refractivity (Wildman–Crippen MR) is 83.7 cm³/mol. The van der Waals surface area contributed by atoms with Crippen LogP contribution in [0.4, 0.5) is 5.13 Å². The highest BCUT2D eigenvalue weighted by atomic mass is 32.1. The number of carbonyl (C=O) groups excluding carboxylic acids is 1. The second-order valence-electron chi connectivity index (χ2n) is 6.00. The molecule has 21 heavy (non-hydrogen) atoms. The molecular weight excluding hydrogens is 286 g/mol. The molecule has 1 atom stereocenters. The summed E-state index contributed by atoms with van der Waals surface area (Å²) in [4.78, 5) is 21.3. The molecule has 2 aliphatic rings. The van der Waals surface area contributed by atoms with E-state index in [2.05, 4.69) is 16.9 Å². The van der Waals surface area contributed by atoms with E-state index in [4.69, 9.17) is 4.74 Å². The first-order valence-electron chi connectivity index (χ1n) is 7.75. The van der Waals surface area contributed by atoms with Crippen molar-refractivity contribution in [2.24, 2.45) is 5.92 Å². The molecular formula is C15H23N3O2S. The standard InChI is InChI=1S/C15H23N3O2S/c1-17-7-8-20-13(10-17)11-18(15-16-6-9-21-15)14(19)12-4-2-3-5-12/h6,9,12-13H,2-5,7-8,10-11H2,1H3. The Morgan fingerprint density at radius 1 is 1.52 bits per heavy atom. The summed E-state index contributed by atoms with van der Waals surface area (Å²) < 4.78 is 5.83. The number of rotatable bonds is 4. The first-order chi connectivity index (χ1) is 10.2. The molecule has 0 N–H and O–H groups in total. The van der Waals surface area contributed by atoms with Gasteiger partial charge in [0.05, 0.1) is 19.3 Å². The minimum atomic E-state index is 0.0815. The van der Waals surface area contributed by atoms with E-state index in [1.807, 2.05) is 10.3 Å². The maximum absolute atomic E-state index is 12.8. The quantitative estimate of drug-likeness (QED) is 0.853. The molecule has 2 heterocycles. The van der Waals surface area contributed by atoms with Gasteiger partial charge < -0.3 is 9.64 Å². The number of thiazole rings is 1. The van der Waals surface area contributed by atoms with Crippen LogP contribution in [0, 0.1) is 5.92 Å². The highest BCUT2D eigenvalue weighted by molar-refractivity contribution is 7.13. The van der Waals surface area contributed by atoms with E-state index in [9.17, 15) is 4.79 Å². The minimum absolute atomic E-state index is 0.0815. The lowest BCUT2D eigenvalue weighted by molar-refractivity contribution is -0.123. The lowest BCUT2D eigenvalue weighted by Crippen LogP contribution is -2.48. The first-order valence-corrected chi connectivity index (χ1v) is 8.63. The van der Waals surface area contributed by atoms with Gasteiger partial charge in [0.1, 0.15) is 0 Å². The smallest absolute Gasteiger partial charge is 0.231 e. The average Bonchev–Trinajstić information content (AvgIpc) is 3.17. The lowest BCUT2D eigenvalue weighted by Gasteiger charge is -2.33. The Kier molecular flexibility index (Phi) is 4.87. The van der Waals surface area contributed by atoms with Gasteiger partial charge >= 0.3 is 0 Å². The third kappa shape index (κ3) is 3.62. The number of morpholine rings is 1. The normalized spacial score (nSPS) is 24.3. The van der Waals surface area contributed by atoms with E-state index in [0.29, 0.717) is 6.54 Å². The molecule has 1 unspecified atom stereocenters. The van der Waals surface area contributed by atoms with Gasteiger partial charge in [-0.05, 0) is 19.9 Å². The van der Waals surface area contributed by atoms with Crippen LogP contribution >= 0.6 is 11.3 Å². The van der Waals surface area contributed by atoms with Crippen LogP contribution in [-0.4, -0.2) is 55.2 Å². The fourth-order valence-electron chi connectivity index (χ4n) is 3.19. The van der Waals surface area contributed by atoms with E-state index < -0.39 is 0 Å². The summed E-state index contributed by atoms with van der Waals surface area (Å²) in [7, 11) is 2.10. The number of likely N-dealkylation sites (N-methyl/N-ethyl adjacent to an activating group) is 1. The molecule has 1 amide bonds. The molecule has 3 rings (SSSR count). The molecule has 1 saturated carbocycles. The number of amides is 1. The second kappa shape index (κ2) is 6.85. The number of anilines is 1. The Morgan fingerprint density at radius 2 is 2.33 bits per heavy atom. The summed E-state index contributed by atoms with van der Waals surface area (Å²) >= 11 is 1.53. The molecule has 0 spiro atoms. The molecule has 1 aliphatic heterocycles. The van der Waals surface area contributed by atoms with Gasteiger partial charge in [-0.3, -0.25) is 9.69 Å². The topological polar surface area (TPSA) is 45.7 Å².